The summed E-state index contributed by atoms with van der Waals surface area (Å²) < 4.78 is 5.88. The van der Waals surface area contributed by atoms with E-state index in [1.165, 1.54) is 36.0 Å². The van der Waals surface area contributed by atoms with Gasteiger partial charge < -0.3 is 10.1 Å². The van der Waals surface area contributed by atoms with Crippen molar-refractivity contribution in [3.05, 3.63) is 54.1 Å². The SMILES string of the molecule is CCCNCc1cccc(-c2cccc(OC3CC3)c2)c1. The minimum absolute atomic E-state index is 0.449. The van der Waals surface area contributed by atoms with Crippen molar-refractivity contribution in [3.8, 4) is 16.9 Å². The number of benzene rings is 2. The number of rotatable bonds is 7. The van der Waals surface area contributed by atoms with E-state index in [0.29, 0.717) is 6.10 Å². The average molecular weight is 281 g/mol. The summed E-state index contributed by atoms with van der Waals surface area (Å²) in [6.07, 6.45) is 4.01. The Hall–Kier alpha value is -1.80. The van der Waals surface area contributed by atoms with Crippen molar-refractivity contribution in [2.24, 2.45) is 0 Å². The van der Waals surface area contributed by atoms with Gasteiger partial charge in [0.25, 0.3) is 0 Å². The summed E-state index contributed by atoms with van der Waals surface area (Å²) in [6, 6.07) is 17.2. The fourth-order valence-electron chi connectivity index (χ4n) is 2.40. The zero-order chi connectivity index (χ0) is 14.5. The summed E-state index contributed by atoms with van der Waals surface area (Å²) in [7, 11) is 0. The maximum absolute atomic E-state index is 5.88. The van der Waals surface area contributed by atoms with Gasteiger partial charge in [-0.1, -0.05) is 37.3 Å². The minimum Gasteiger partial charge on any atom is -0.490 e. The van der Waals surface area contributed by atoms with Gasteiger partial charge in [0, 0.05) is 6.54 Å². The van der Waals surface area contributed by atoms with Crippen LogP contribution >= 0.6 is 0 Å². The monoisotopic (exact) mass is 281 g/mol. The Morgan fingerprint density at radius 3 is 2.57 bits per heavy atom. The molecule has 0 aromatic heterocycles. The molecule has 1 saturated carbocycles. The van der Waals surface area contributed by atoms with Gasteiger partial charge in [-0.25, -0.2) is 0 Å². The molecule has 2 aromatic rings. The van der Waals surface area contributed by atoms with Crippen LogP contribution in [-0.2, 0) is 6.54 Å². The molecule has 0 heterocycles. The maximum Gasteiger partial charge on any atom is 0.120 e. The molecule has 2 heteroatoms. The van der Waals surface area contributed by atoms with Gasteiger partial charge in [0.15, 0.2) is 0 Å². The van der Waals surface area contributed by atoms with Crippen LogP contribution in [0.4, 0.5) is 0 Å². The summed E-state index contributed by atoms with van der Waals surface area (Å²) in [5, 5.41) is 3.45. The Morgan fingerprint density at radius 1 is 1.05 bits per heavy atom. The molecule has 110 valence electrons. The lowest BCUT2D eigenvalue weighted by atomic mass is 10.0. The molecule has 0 amide bonds. The first-order valence-corrected chi connectivity index (χ1v) is 7.92. The van der Waals surface area contributed by atoms with Gasteiger partial charge in [-0.3, -0.25) is 0 Å². The van der Waals surface area contributed by atoms with E-state index in [2.05, 4.69) is 60.8 Å². The van der Waals surface area contributed by atoms with Crippen LogP contribution in [0, 0.1) is 0 Å². The van der Waals surface area contributed by atoms with Crippen LogP contribution in [0.25, 0.3) is 11.1 Å². The Bertz CT molecular complexity index is 590. The molecule has 1 aliphatic rings. The molecule has 1 aliphatic carbocycles. The molecule has 0 unspecified atom stereocenters. The first-order valence-electron chi connectivity index (χ1n) is 7.92. The van der Waals surface area contributed by atoms with Crippen LogP contribution in [0.15, 0.2) is 48.5 Å². The number of nitrogens with one attached hydrogen (secondary N) is 1. The molecule has 21 heavy (non-hydrogen) atoms. The molecule has 2 aromatic carbocycles. The lowest BCUT2D eigenvalue weighted by Crippen LogP contribution is -2.13. The molecule has 0 bridgehead atoms. The van der Waals surface area contributed by atoms with Gasteiger partial charge in [0.2, 0.25) is 0 Å². The lowest BCUT2D eigenvalue weighted by molar-refractivity contribution is 0.303. The lowest BCUT2D eigenvalue weighted by Gasteiger charge is -2.09. The highest BCUT2D eigenvalue weighted by atomic mass is 16.5. The molecular weight excluding hydrogens is 258 g/mol. The second kappa shape index (κ2) is 6.77. The maximum atomic E-state index is 5.88. The van der Waals surface area contributed by atoms with Crippen LogP contribution in [0.5, 0.6) is 5.75 Å². The highest BCUT2D eigenvalue weighted by Gasteiger charge is 2.23. The number of hydrogen-bond donors (Lipinski definition) is 1. The second-order valence-corrected chi connectivity index (χ2v) is 5.72. The van der Waals surface area contributed by atoms with Crippen LogP contribution in [-0.4, -0.2) is 12.6 Å². The quantitative estimate of drug-likeness (QED) is 0.760. The number of ether oxygens (including phenoxy) is 1. The third-order valence-corrected chi connectivity index (χ3v) is 3.68. The largest absolute Gasteiger partial charge is 0.490 e. The third-order valence-electron chi connectivity index (χ3n) is 3.68. The zero-order valence-electron chi connectivity index (χ0n) is 12.6. The molecule has 2 nitrogen and oxygen atoms in total. The van der Waals surface area contributed by atoms with Crippen LogP contribution in [0.2, 0.25) is 0 Å². The Balaban J connectivity index is 1.74. The first-order chi connectivity index (χ1) is 10.3. The van der Waals surface area contributed by atoms with Gasteiger partial charge in [0.1, 0.15) is 5.75 Å². The van der Waals surface area contributed by atoms with E-state index in [0.717, 1.165) is 18.8 Å². The van der Waals surface area contributed by atoms with Gasteiger partial charge in [-0.2, -0.15) is 0 Å². The summed E-state index contributed by atoms with van der Waals surface area (Å²) in [5.74, 6) is 0.990. The van der Waals surface area contributed by atoms with E-state index in [1.807, 2.05) is 0 Å². The molecule has 0 spiro atoms. The van der Waals surface area contributed by atoms with Gasteiger partial charge in [0.05, 0.1) is 6.10 Å². The second-order valence-electron chi connectivity index (χ2n) is 5.72. The first kappa shape index (κ1) is 14.2. The topological polar surface area (TPSA) is 21.3 Å². The van der Waals surface area contributed by atoms with Crippen molar-refractivity contribution in [2.45, 2.75) is 38.8 Å². The molecule has 0 saturated heterocycles. The number of hydrogen-bond acceptors (Lipinski definition) is 2. The fraction of sp³-hybridized carbons (Fsp3) is 0.368. The van der Waals surface area contributed by atoms with Crippen molar-refractivity contribution >= 4 is 0 Å². The summed E-state index contributed by atoms with van der Waals surface area (Å²) >= 11 is 0. The van der Waals surface area contributed by atoms with Crippen molar-refractivity contribution in [2.75, 3.05) is 6.54 Å². The zero-order valence-corrected chi connectivity index (χ0v) is 12.6. The summed E-state index contributed by atoms with van der Waals surface area (Å²) in [5.41, 5.74) is 3.81. The molecule has 0 aliphatic heterocycles. The fourth-order valence-corrected chi connectivity index (χ4v) is 2.40. The molecule has 1 fully saturated rings. The smallest absolute Gasteiger partial charge is 0.120 e. The van der Waals surface area contributed by atoms with Crippen LogP contribution < -0.4 is 10.1 Å². The summed E-state index contributed by atoms with van der Waals surface area (Å²) in [4.78, 5) is 0. The van der Waals surface area contributed by atoms with Crippen LogP contribution in [0.3, 0.4) is 0 Å². The summed E-state index contributed by atoms with van der Waals surface area (Å²) in [6.45, 7) is 4.18. The molecule has 0 atom stereocenters. The van der Waals surface area contributed by atoms with E-state index in [4.69, 9.17) is 4.74 Å². The van der Waals surface area contributed by atoms with Crippen LogP contribution in [0.1, 0.15) is 31.7 Å². The van der Waals surface area contributed by atoms with E-state index >= 15 is 0 Å². The Labute approximate surface area is 127 Å². The van der Waals surface area contributed by atoms with E-state index in [9.17, 15) is 0 Å². The Kier molecular flexibility index (Phi) is 4.56. The van der Waals surface area contributed by atoms with Gasteiger partial charge >= 0.3 is 0 Å². The van der Waals surface area contributed by atoms with Crippen molar-refractivity contribution in [1.82, 2.24) is 5.32 Å². The molecule has 1 N–H and O–H groups in total. The van der Waals surface area contributed by atoms with Crippen molar-refractivity contribution < 1.29 is 4.74 Å². The predicted molar refractivity (Wildman–Crippen MR) is 87.5 cm³/mol. The van der Waals surface area contributed by atoms with Gasteiger partial charge in [-0.15, -0.1) is 0 Å². The predicted octanol–water partition coefficient (Wildman–Crippen LogP) is 4.39. The highest BCUT2D eigenvalue weighted by molar-refractivity contribution is 5.65. The molecular formula is C19H23NO. The van der Waals surface area contributed by atoms with E-state index in [-0.39, 0.29) is 0 Å². The Morgan fingerprint density at radius 2 is 1.81 bits per heavy atom. The van der Waals surface area contributed by atoms with Crippen molar-refractivity contribution in [1.29, 1.82) is 0 Å². The van der Waals surface area contributed by atoms with E-state index < -0.39 is 0 Å². The molecule has 3 rings (SSSR count). The van der Waals surface area contributed by atoms with E-state index in [1.54, 1.807) is 0 Å². The highest BCUT2D eigenvalue weighted by Crippen LogP contribution is 2.30. The van der Waals surface area contributed by atoms with Gasteiger partial charge in [-0.05, 0) is 60.7 Å². The standard InChI is InChI=1S/C19H23NO/c1-2-11-20-14-15-5-3-6-16(12-15)17-7-4-8-19(13-17)21-18-9-10-18/h3-8,12-13,18,20H,2,9-11,14H2,1H3. The average Bonchev–Trinajstić information content (AvgIpc) is 3.32. The molecule has 0 radical (unpaired) electrons. The minimum atomic E-state index is 0.449. The normalized spacial score (nSPS) is 14.1. The van der Waals surface area contributed by atoms with Crippen molar-refractivity contribution in [3.63, 3.8) is 0 Å². The third kappa shape index (κ3) is 4.08.